The number of benzene rings is 1. The van der Waals surface area contributed by atoms with Crippen LogP contribution in [-0.2, 0) is 9.53 Å². The third kappa shape index (κ3) is 3.70. The van der Waals surface area contributed by atoms with Crippen LogP contribution in [0.25, 0.3) is 0 Å². The molecular weight excluding hydrogens is 308 g/mol. The van der Waals surface area contributed by atoms with E-state index in [-0.39, 0.29) is 5.91 Å². The highest BCUT2D eigenvalue weighted by molar-refractivity contribution is 9.10. The zero-order chi connectivity index (χ0) is 13.8. The number of hydrogen-bond donors (Lipinski definition) is 1. The van der Waals surface area contributed by atoms with E-state index in [1.165, 1.54) is 11.1 Å². The van der Waals surface area contributed by atoms with Crippen LogP contribution < -0.4 is 5.32 Å². The van der Waals surface area contributed by atoms with Crippen molar-refractivity contribution in [1.82, 2.24) is 4.90 Å². The number of rotatable bonds is 3. The zero-order valence-corrected chi connectivity index (χ0v) is 12.9. The number of ether oxygens (including phenoxy) is 1. The number of amides is 1. The maximum atomic E-state index is 12.0. The van der Waals surface area contributed by atoms with Gasteiger partial charge in [-0.05, 0) is 37.1 Å². The van der Waals surface area contributed by atoms with Crippen LogP contribution in [0.15, 0.2) is 16.6 Å². The summed E-state index contributed by atoms with van der Waals surface area (Å²) in [4.78, 5) is 13.8. The van der Waals surface area contributed by atoms with Gasteiger partial charge in [0.2, 0.25) is 5.91 Å². The van der Waals surface area contributed by atoms with Crippen molar-refractivity contribution in [3.63, 3.8) is 0 Å². The number of nitrogens with one attached hydrogen (secondary N) is 1. The van der Waals surface area contributed by atoms with Gasteiger partial charge in [-0.25, -0.2) is 0 Å². The van der Waals surface area contributed by atoms with Gasteiger partial charge < -0.3 is 15.0 Å². The molecular formula is C14H19BrN2O2. The van der Waals surface area contributed by atoms with E-state index in [0.717, 1.165) is 10.2 Å². The fourth-order valence-corrected chi connectivity index (χ4v) is 2.38. The van der Waals surface area contributed by atoms with Crippen LogP contribution in [0.3, 0.4) is 0 Å². The number of carbonyl (C=O) groups is 1. The molecule has 19 heavy (non-hydrogen) atoms. The molecule has 1 heterocycles. The molecule has 4 nitrogen and oxygen atoms in total. The predicted molar refractivity (Wildman–Crippen MR) is 79.5 cm³/mol. The topological polar surface area (TPSA) is 41.6 Å². The van der Waals surface area contributed by atoms with Crippen molar-refractivity contribution in [2.45, 2.75) is 13.8 Å². The summed E-state index contributed by atoms with van der Waals surface area (Å²) >= 11 is 3.54. The van der Waals surface area contributed by atoms with E-state index >= 15 is 0 Å². The van der Waals surface area contributed by atoms with Crippen molar-refractivity contribution < 1.29 is 9.53 Å². The molecule has 0 unspecified atom stereocenters. The van der Waals surface area contributed by atoms with Gasteiger partial charge in [-0.1, -0.05) is 15.9 Å². The van der Waals surface area contributed by atoms with Gasteiger partial charge in [-0.15, -0.1) is 0 Å². The summed E-state index contributed by atoms with van der Waals surface area (Å²) in [5.74, 6) is 0.126. The van der Waals surface area contributed by atoms with Gasteiger partial charge in [0.1, 0.15) is 0 Å². The molecule has 1 N–H and O–H groups in total. The molecule has 1 saturated heterocycles. The summed E-state index contributed by atoms with van der Waals surface area (Å²) in [5.41, 5.74) is 3.32. The Balaban J connectivity index is 1.93. The van der Waals surface area contributed by atoms with Crippen molar-refractivity contribution in [2.24, 2.45) is 0 Å². The Morgan fingerprint density at radius 1 is 1.32 bits per heavy atom. The van der Waals surface area contributed by atoms with Crippen molar-refractivity contribution in [3.8, 4) is 0 Å². The fraction of sp³-hybridized carbons (Fsp3) is 0.500. The molecule has 0 spiro atoms. The fourth-order valence-electron chi connectivity index (χ4n) is 2.15. The van der Waals surface area contributed by atoms with Crippen molar-refractivity contribution in [2.75, 3.05) is 38.2 Å². The summed E-state index contributed by atoms with van der Waals surface area (Å²) in [6.45, 7) is 7.10. The van der Waals surface area contributed by atoms with Gasteiger partial charge in [0.25, 0.3) is 0 Å². The third-order valence-corrected chi connectivity index (χ3v) is 4.49. The van der Waals surface area contributed by atoms with Crippen LogP contribution in [0.5, 0.6) is 0 Å². The quantitative estimate of drug-likeness (QED) is 0.926. The number of nitrogens with zero attached hydrogens (tertiary/aromatic N) is 1. The molecule has 0 bridgehead atoms. The van der Waals surface area contributed by atoms with E-state index in [1.807, 2.05) is 30.9 Å². The first-order valence-electron chi connectivity index (χ1n) is 6.44. The minimum Gasteiger partial charge on any atom is -0.378 e. The molecule has 0 saturated carbocycles. The Morgan fingerprint density at radius 3 is 2.47 bits per heavy atom. The van der Waals surface area contributed by atoms with E-state index in [9.17, 15) is 4.79 Å². The van der Waals surface area contributed by atoms with Crippen LogP contribution in [-0.4, -0.2) is 43.7 Å². The Labute approximate surface area is 122 Å². The molecule has 1 aliphatic heterocycles. The number of hydrogen-bond acceptors (Lipinski definition) is 3. The standard InChI is InChI=1S/C14H19BrN2O2/c1-10-7-12(8-11(2)14(10)15)16-9-13(18)17-3-5-19-6-4-17/h7-8,16H,3-6,9H2,1-2H3. The lowest BCUT2D eigenvalue weighted by molar-refractivity contribution is -0.133. The molecule has 1 fully saturated rings. The lowest BCUT2D eigenvalue weighted by Crippen LogP contribution is -2.43. The number of anilines is 1. The minimum absolute atomic E-state index is 0.126. The lowest BCUT2D eigenvalue weighted by Gasteiger charge is -2.27. The lowest BCUT2D eigenvalue weighted by atomic mass is 10.1. The maximum absolute atomic E-state index is 12.0. The predicted octanol–water partition coefficient (Wildman–Crippen LogP) is 2.34. The molecule has 104 valence electrons. The first-order chi connectivity index (χ1) is 9.08. The molecule has 5 heteroatoms. The Bertz CT molecular complexity index is 448. The molecule has 2 rings (SSSR count). The highest BCUT2D eigenvalue weighted by atomic mass is 79.9. The summed E-state index contributed by atoms with van der Waals surface area (Å²) in [6, 6.07) is 4.09. The summed E-state index contributed by atoms with van der Waals surface area (Å²) in [6.07, 6.45) is 0. The van der Waals surface area contributed by atoms with Crippen molar-refractivity contribution >= 4 is 27.5 Å². The Morgan fingerprint density at radius 2 is 1.89 bits per heavy atom. The monoisotopic (exact) mass is 326 g/mol. The van der Waals surface area contributed by atoms with Gasteiger partial charge >= 0.3 is 0 Å². The van der Waals surface area contributed by atoms with E-state index in [2.05, 4.69) is 21.2 Å². The SMILES string of the molecule is Cc1cc(NCC(=O)N2CCOCC2)cc(C)c1Br. The van der Waals surface area contributed by atoms with Gasteiger partial charge in [-0.2, -0.15) is 0 Å². The maximum Gasteiger partial charge on any atom is 0.242 e. The van der Waals surface area contributed by atoms with Crippen molar-refractivity contribution in [3.05, 3.63) is 27.7 Å². The molecule has 0 atom stereocenters. The third-order valence-electron chi connectivity index (χ3n) is 3.24. The smallest absolute Gasteiger partial charge is 0.242 e. The van der Waals surface area contributed by atoms with Gasteiger partial charge in [0.15, 0.2) is 0 Å². The molecule has 1 aromatic rings. The second-order valence-corrected chi connectivity index (χ2v) is 5.56. The number of aryl methyl sites for hydroxylation is 2. The number of carbonyl (C=O) groups excluding carboxylic acids is 1. The Hall–Kier alpha value is -1.07. The van der Waals surface area contributed by atoms with Gasteiger partial charge in [-0.3, -0.25) is 4.79 Å². The van der Waals surface area contributed by atoms with Crippen LogP contribution in [0.4, 0.5) is 5.69 Å². The highest BCUT2D eigenvalue weighted by Crippen LogP contribution is 2.24. The average molecular weight is 327 g/mol. The molecule has 1 aliphatic rings. The number of morpholine rings is 1. The summed E-state index contributed by atoms with van der Waals surface area (Å²) in [7, 11) is 0. The first kappa shape index (κ1) is 14.3. The zero-order valence-electron chi connectivity index (χ0n) is 11.3. The van der Waals surface area contributed by atoms with Gasteiger partial charge in [0.05, 0.1) is 19.8 Å². The molecule has 0 aromatic heterocycles. The van der Waals surface area contributed by atoms with E-state index in [0.29, 0.717) is 32.8 Å². The van der Waals surface area contributed by atoms with E-state index in [4.69, 9.17) is 4.74 Å². The summed E-state index contributed by atoms with van der Waals surface area (Å²) in [5, 5.41) is 3.20. The van der Waals surface area contributed by atoms with Crippen LogP contribution in [0, 0.1) is 13.8 Å². The van der Waals surface area contributed by atoms with Crippen molar-refractivity contribution in [1.29, 1.82) is 0 Å². The Kier molecular flexibility index (Phi) is 4.82. The molecule has 0 aliphatic carbocycles. The van der Waals surface area contributed by atoms with E-state index in [1.54, 1.807) is 0 Å². The second-order valence-electron chi connectivity index (χ2n) is 4.77. The highest BCUT2D eigenvalue weighted by Gasteiger charge is 2.16. The van der Waals surface area contributed by atoms with Crippen LogP contribution >= 0.6 is 15.9 Å². The normalized spacial score (nSPS) is 15.4. The van der Waals surface area contributed by atoms with Crippen LogP contribution in [0.1, 0.15) is 11.1 Å². The second kappa shape index (κ2) is 6.39. The summed E-state index contributed by atoms with van der Waals surface area (Å²) < 4.78 is 6.36. The van der Waals surface area contributed by atoms with E-state index < -0.39 is 0 Å². The van der Waals surface area contributed by atoms with Crippen LogP contribution in [0.2, 0.25) is 0 Å². The molecule has 0 radical (unpaired) electrons. The average Bonchev–Trinajstić information content (AvgIpc) is 2.43. The molecule has 1 amide bonds. The molecule has 1 aromatic carbocycles. The largest absolute Gasteiger partial charge is 0.378 e. The minimum atomic E-state index is 0.126. The number of halogens is 1. The van der Waals surface area contributed by atoms with Gasteiger partial charge in [0, 0.05) is 23.2 Å². The first-order valence-corrected chi connectivity index (χ1v) is 7.23.